The predicted octanol–water partition coefficient (Wildman–Crippen LogP) is 22.8. The number of rotatable bonds is 45. The molecule has 0 aromatic rings. The number of unbranched alkanes of at least 4 members (excludes halogenated alkanes) is 17. The minimum absolute atomic E-state index is 0.381. The molecule has 11 atom stereocenters. The van der Waals surface area contributed by atoms with Gasteiger partial charge in [-0.25, -0.2) is 0 Å². The summed E-state index contributed by atoms with van der Waals surface area (Å²) in [6, 6.07) is 0. The highest BCUT2D eigenvalue weighted by atomic mass is 14.6. The average molecular weight is 886 g/mol. The molecule has 0 aliphatic carbocycles. The zero-order valence-electron chi connectivity index (χ0n) is 47.6. The van der Waals surface area contributed by atoms with Gasteiger partial charge in [-0.2, -0.15) is 0 Å². The zero-order valence-corrected chi connectivity index (χ0v) is 47.6. The summed E-state index contributed by atoms with van der Waals surface area (Å²) in [5.41, 5.74) is 0.381. The lowest BCUT2D eigenvalue weighted by Crippen LogP contribution is -2.49. The van der Waals surface area contributed by atoms with E-state index in [1.54, 1.807) is 0 Å². The molecule has 0 spiro atoms. The van der Waals surface area contributed by atoms with E-state index >= 15 is 0 Å². The van der Waals surface area contributed by atoms with Gasteiger partial charge in [0.2, 0.25) is 0 Å². The Morgan fingerprint density at radius 3 is 1.17 bits per heavy atom. The Morgan fingerprint density at radius 2 is 0.714 bits per heavy atom. The fourth-order valence-electron chi connectivity index (χ4n) is 14.0. The standard InChI is InChI=1S/C63H128/c1-18-24-28-31-32-33-34-36-40-43-61(52(11)12)56(16)63(48-47-50(7)8,57(17)62(44-37-27-21-4)58(22-5)41-38-30-26-20-3)55(15)49-54(14)53(13)45-46-59(60(23-6)51(9)10)42-39-35-29-25-19-2/h50-62H,18-49H2,1-17H3. The average Bonchev–Trinajstić information content (AvgIpc) is 3.24. The first-order valence-electron chi connectivity index (χ1n) is 30.1. The van der Waals surface area contributed by atoms with Gasteiger partial charge in [-0.05, 0) is 114 Å². The quantitative estimate of drug-likeness (QED) is 0.0535. The van der Waals surface area contributed by atoms with E-state index in [0.29, 0.717) is 5.41 Å². The Hall–Kier alpha value is 0. The molecule has 0 nitrogen and oxygen atoms in total. The second-order valence-electron chi connectivity index (χ2n) is 24.3. The molecule has 0 saturated carbocycles. The van der Waals surface area contributed by atoms with Crippen LogP contribution in [0.25, 0.3) is 0 Å². The van der Waals surface area contributed by atoms with Crippen molar-refractivity contribution in [3.05, 3.63) is 0 Å². The van der Waals surface area contributed by atoms with Crippen molar-refractivity contribution >= 4 is 0 Å². The predicted molar refractivity (Wildman–Crippen MR) is 292 cm³/mol. The van der Waals surface area contributed by atoms with E-state index in [-0.39, 0.29) is 0 Å². The summed E-state index contributed by atoms with van der Waals surface area (Å²) in [6.45, 7) is 44.0. The van der Waals surface area contributed by atoms with Crippen molar-refractivity contribution in [2.75, 3.05) is 0 Å². The van der Waals surface area contributed by atoms with Crippen LogP contribution >= 0.6 is 0 Å². The van der Waals surface area contributed by atoms with Crippen molar-refractivity contribution in [3.8, 4) is 0 Å². The largest absolute Gasteiger partial charge is 0.0654 e. The molecule has 0 rings (SSSR count). The third kappa shape index (κ3) is 25.3. The third-order valence-electron chi connectivity index (χ3n) is 18.6. The Balaban J connectivity index is 7.03. The molecule has 0 bridgehead atoms. The van der Waals surface area contributed by atoms with Gasteiger partial charge in [0.05, 0.1) is 0 Å². The number of hydrogen-bond acceptors (Lipinski definition) is 0. The fourth-order valence-corrected chi connectivity index (χ4v) is 14.0. The second kappa shape index (κ2) is 38.9. The van der Waals surface area contributed by atoms with Gasteiger partial charge in [0.25, 0.3) is 0 Å². The Morgan fingerprint density at radius 1 is 0.317 bits per heavy atom. The summed E-state index contributed by atoms with van der Waals surface area (Å²) in [6.07, 6.45) is 45.7. The summed E-state index contributed by atoms with van der Waals surface area (Å²) in [5.74, 6) is 10.6. The van der Waals surface area contributed by atoms with Crippen LogP contribution in [-0.2, 0) is 0 Å². The van der Waals surface area contributed by atoms with Gasteiger partial charge in [0.15, 0.2) is 0 Å². The minimum atomic E-state index is 0.381. The highest BCUT2D eigenvalue weighted by Crippen LogP contribution is 2.58. The summed E-state index contributed by atoms with van der Waals surface area (Å²) >= 11 is 0. The summed E-state index contributed by atoms with van der Waals surface area (Å²) in [4.78, 5) is 0. The molecule has 380 valence electrons. The first kappa shape index (κ1) is 63.0. The molecule has 0 aliphatic rings. The lowest BCUT2D eigenvalue weighted by molar-refractivity contribution is -0.0757. The van der Waals surface area contributed by atoms with E-state index in [1.165, 1.54) is 205 Å². The molecule has 0 heteroatoms. The van der Waals surface area contributed by atoms with Gasteiger partial charge in [-0.15, -0.1) is 0 Å². The van der Waals surface area contributed by atoms with Crippen LogP contribution in [0.1, 0.15) is 323 Å². The maximum Gasteiger partial charge on any atom is -0.0215 e. The molecular formula is C63H128. The molecule has 0 saturated heterocycles. The van der Waals surface area contributed by atoms with E-state index in [9.17, 15) is 0 Å². The highest BCUT2D eigenvalue weighted by molar-refractivity contribution is 4.99. The van der Waals surface area contributed by atoms with Crippen LogP contribution in [0.4, 0.5) is 0 Å². The molecule has 63 heavy (non-hydrogen) atoms. The van der Waals surface area contributed by atoms with Crippen LogP contribution in [-0.4, -0.2) is 0 Å². The molecular weight excluding hydrogens is 757 g/mol. The maximum atomic E-state index is 2.88. The lowest BCUT2D eigenvalue weighted by atomic mass is 9.49. The summed E-state index contributed by atoms with van der Waals surface area (Å²) in [5, 5.41) is 0. The molecule has 0 fully saturated rings. The van der Waals surface area contributed by atoms with Crippen LogP contribution in [0.3, 0.4) is 0 Å². The van der Waals surface area contributed by atoms with Crippen LogP contribution < -0.4 is 0 Å². The molecule has 0 N–H and O–H groups in total. The van der Waals surface area contributed by atoms with Crippen LogP contribution in [0.5, 0.6) is 0 Å². The summed E-state index contributed by atoms with van der Waals surface area (Å²) < 4.78 is 0. The van der Waals surface area contributed by atoms with Gasteiger partial charge >= 0.3 is 0 Å². The van der Waals surface area contributed by atoms with Crippen LogP contribution in [0.15, 0.2) is 0 Å². The van der Waals surface area contributed by atoms with Crippen molar-refractivity contribution in [1.29, 1.82) is 0 Å². The molecule has 0 heterocycles. The first-order valence-corrected chi connectivity index (χ1v) is 30.1. The topological polar surface area (TPSA) is 0 Å². The molecule has 0 aromatic heterocycles. The third-order valence-corrected chi connectivity index (χ3v) is 18.6. The normalized spacial score (nSPS) is 18.3. The maximum absolute atomic E-state index is 2.88. The Kier molecular flexibility index (Phi) is 38.9. The smallest absolute Gasteiger partial charge is 0.0215 e. The van der Waals surface area contributed by atoms with E-state index in [2.05, 4.69) is 118 Å². The molecule has 0 aromatic carbocycles. The van der Waals surface area contributed by atoms with Crippen molar-refractivity contribution in [3.63, 3.8) is 0 Å². The van der Waals surface area contributed by atoms with Gasteiger partial charge in [0.1, 0.15) is 0 Å². The van der Waals surface area contributed by atoms with E-state index in [4.69, 9.17) is 0 Å². The van der Waals surface area contributed by atoms with E-state index in [1.807, 2.05) is 0 Å². The first-order chi connectivity index (χ1) is 30.1. The van der Waals surface area contributed by atoms with Crippen molar-refractivity contribution in [2.24, 2.45) is 82.3 Å². The van der Waals surface area contributed by atoms with Gasteiger partial charge in [-0.3, -0.25) is 0 Å². The number of hydrogen-bond donors (Lipinski definition) is 0. The second-order valence-corrected chi connectivity index (χ2v) is 24.3. The van der Waals surface area contributed by atoms with Gasteiger partial charge in [-0.1, -0.05) is 291 Å². The lowest BCUT2D eigenvalue weighted by Gasteiger charge is -2.56. The van der Waals surface area contributed by atoms with Gasteiger partial charge < -0.3 is 0 Å². The van der Waals surface area contributed by atoms with Crippen molar-refractivity contribution in [2.45, 2.75) is 323 Å². The van der Waals surface area contributed by atoms with Gasteiger partial charge in [0, 0.05) is 0 Å². The molecule has 0 aliphatic heterocycles. The van der Waals surface area contributed by atoms with Crippen LogP contribution in [0.2, 0.25) is 0 Å². The van der Waals surface area contributed by atoms with E-state index < -0.39 is 0 Å². The van der Waals surface area contributed by atoms with Crippen molar-refractivity contribution < 1.29 is 0 Å². The van der Waals surface area contributed by atoms with Crippen molar-refractivity contribution in [1.82, 2.24) is 0 Å². The molecule has 0 amide bonds. The summed E-state index contributed by atoms with van der Waals surface area (Å²) in [7, 11) is 0. The Bertz CT molecular complexity index is 959. The zero-order chi connectivity index (χ0) is 47.6. The Labute approximate surface area is 403 Å². The molecule has 0 radical (unpaired) electrons. The highest BCUT2D eigenvalue weighted by Gasteiger charge is 2.51. The molecule has 11 unspecified atom stereocenters. The fraction of sp³-hybridized carbons (Fsp3) is 1.00. The van der Waals surface area contributed by atoms with Crippen LogP contribution in [0, 0.1) is 82.3 Å². The monoisotopic (exact) mass is 885 g/mol. The minimum Gasteiger partial charge on any atom is -0.0654 e. The van der Waals surface area contributed by atoms with E-state index in [0.717, 1.165) is 76.9 Å². The SMILES string of the molecule is CCCCCCCCCCCC(C(C)C)C(C)C(CCC(C)C)(C(C)CC(C)C(C)CCC(CCCCCCC)C(CC)C(C)C)C(C)C(CCCCC)C(CC)CCCCCC.